The summed E-state index contributed by atoms with van der Waals surface area (Å²) in [6.45, 7) is 6.00. The molecule has 1 aromatic rings. The van der Waals surface area contributed by atoms with Crippen LogP contribution in [0, 0.1) is 18.7 Å². The highest BCUT2D eigenvalue weighted by molar-refractivity contribution is 5.96. The van der Waals surface area contributed by atoms with Crippen LogP contribution in [0.25, 0.3) is 0 Å². The predicted octanol–water partition coefficient (Wildman–Crippen LogP) is 4.14. The number of hydrogen-bond donors (Lipinski definition) is 0. The van der Waals surface area contributed by atoms with Gasteiger partial charge in [-0.2, -0.15) is 0 Å². The summed E-state index contributed by atoms with van der Waals surface area (Å²) in [5, 5.41) is 0. The first-order valence-electron chi connectivity index (χ1n) is 5.84. The number of aryl methyl sites for hydroxylation is 1. The van der Waals surface area contributed by atoms with E-state index in [2.05, 4.69) is 6.92 Å². The third-order valence-corrected chi connectivity index (χ3v) is 2.74. The third-order valence-electron chi connectivity index (χ3n) is 2.74. The fourth-order valence-electron chi connectivity index (χ4n) is 1.87. The molecule has 1 aromatic carbocycles. The van der Waals surface area contributed by atoms with Gasteiger partial charge in [0.05, 0.1) is 5.56 Å². The summed E-state index contributed by atoms with van der Waals surface area (Å²) in [5.74, 6) is -0.154. The van der Waals surface area contributed by atoms with Gasteiger partial charge in [0.1, 0.15) is 5.82 Å². The van der Waals surface area contributed by atoms with Gasteiger partial charge in [0.15, 0.2) is 5.78 Å². The van der Waals surface area contributed by atoms with Gasteiger partial charge in [-0.3, -0.25) is 4.79 Å². The molecule has 0 amide bonds. The Hall–Kier alpha value is -1.18. The minimum absolute atomic E-state index is 0.0813. The summed E-state index contributed by atoms with van der Waals surface area (Å²) in [5.41, 5.74) is 1.16. The van der Waals surface area contributed by atoms with Crippen LogP contribution < -0.4 is 0 Å². The van der Waals surface area contributed by atoms with Crippen LogP contribution in [-0.2, 0) is 0 Å². The molecule has 2 heteroatoms. The summed E-state index contributed by atoms with van der Waals surface area (Å²) in [4.78, 5) is 11.9. The van der Waals surface area contributed by atoms with Crippen molar-refractivity contribution in [3.63, 3.8) is 0 Å². The molecule has 0 aliphatic carbocycles. The monoisotopic (exact) mass is 222 g/mol. The minimum Gasteiger partial charge on any atom is -0.294 e. The maximum Gasteiger partial charge on any atom is 0.166 e. The normalized spacial score (nSPS) is 12.5. The molecule has 0 heterocycles. The molecule has 1 nitrogen and oxygen atoms in total. The van der Waals surface area contributed by atoms with Crippen LogP contribution in [0.5, 0.6) is 0 Å². The van der Waals surface area contributed by atoms with Crippen molar-refractivity contribution in [3.8, 4) is 0 Å². The molecule has 1 unspecified atom stereocenters. The van der Waals surface area contributed by atoms with Gasteiger partial charge in [-0.15, -0.1) is 0 Å². The standard InChI is InChI=1S/C14H19FO/c1-4-5-10(2)9-14(16)12-8-11(3)6-7-13(12)15/h6-8,10H,4-5,9H2,1-3H3. The molecule has 0 aromatic heterocycles. The highest BCUT2D eigenvalue weighted by Gasteiger charge is 2.14. The first-order valence-corrected chi connectivity index (χ1v) is 5.84. The number of rotatable bonds is 5. The van der Waals surface area contributed by atoms with E-state index in [0.717, 1.165) is 18.4 Å². The quantitative estimate of drug-likeness (QED) is 0.684. The summed E-state index contributed by atoms with van der Waals surface area (Å²) in [6, 6.07) is 4.69. The number of ketones is 1. The van der Waals surface area contributed by atoms with Gasteiger partial charge in [-0.05, 0) is 25.0 Å². The van der Waals surface area contributed by atoms with Gasteiger partial charge < -0.3 is 0 Å². The number of halogens is 1. The van der Waals surface area contributed by atoms with Gasteiger partial charge >= 0.3 is 0 Å². The molecule has 1 rings (SSSR count). The molecule has 0 aliphatic rings. The predicted molar refractivity (Wildman–Crippen MR) is 64.2 cm³/mol. The lowest BCUT2D eigenvalue weighted by Gasteiger charge is -2.09. The third kappa shape index (κ3) is 3.44. The largest absolute Gasteiger partial charge is 0.294 e. The Morgan fingerprint density at radius 1 is 1.44 bits per heavy atom. The average Bonchev–Trinajstić information content (AvgIpc) is 2.21. The second kappa shape index (κ2) is 5.78. The molecule has 0 saturated heterocycles. The average molecular weight is 222 g/mol. The van der Waals surface area contributed by atoms with Crippen LogP contribution in [0.2, 0.25) is 0 Å². The fraction of sp³-hybridized carbons (Fsp3) is 0.500. The molecule has 0 bridgehead atoms. The molecule has 1 atom stereocenters. The van der Waals surface area contributed by atoms with Crippen molar-refractivity contribution in [2.24, 2.45) is 5.92 Å². The van der Waals surface area contributed by atoms with Crippen molar-refractivity contribution in [2.45, 2.75) is 40.0 Å². The van der Waals surface area contributed by atoms with E-state index < -0.39 is 5.82 Å². The minimum atomic E-state index is -0.403. The van der Waals surface area contributed by atoms with Crippen molar-refractivity contribution in [1.29, 1.82) is 0 Å². The second-order valence-electron chi connectivity index (χ2n) is 4.50. The van der Waals surface area contributed by atoms with Crippen molar-refractivity contribution in [2.75, 3.05) is 0 Å². The maximum absolute atomic E-state index is 13.4. The second-order valence-corrected chi connectivity index (χ2v) is 4.50. The Kier molecular flexibility index (Phi) is 4.66. The smallest absolute Gasteiger partial charge is 0.166 e. The summed E-state index contributed by atoms with van der Waals surface area (Å²) in [6.07, 6.45) is 2.51. The highest BCUT2D eigenvalue weighted by Crippen LogP contribution is 2.17. The summed E-state index contributed by atoms with van der Waals surface area (Å²) < 4.78 is 13.4. The van der Waals surface area contributed by atoms with E-state index in [1.54, 1.807) is 12.1 Å². The lowest BCUT2D eigenvalue weighted by molar-refractivity contribution is 0.0958. The highest BCUT2D eigenvalue weighted by atomic mass is 19.1. The number of Topliss-reactive ketones (excluding diaryl/α,β-unsaturated/α-hetero) is 1. The number of hydrogen-bond acceptors (Lipinski definition) is 1. The molecular weight excluding hydrogens is 203 g/mol. The van der Waals surface area contributed by atoms with E-state index in [0.29, 0.717) is 12.3 Å². The van der Waals surface area contributed by atoms with Crippen LogP contribution in [0.3, 0.4) is 0 Å². The Balaban J connectivity index is 2.76. The molecule has 0 spiro atoms. The molecule has 0 saturated carbocycles. The lowest BCUT2D eigenvalue weighted by atomic mass is 9.95. The number of carbonyl (C=O) groups is 1. The van der Waals surface area contributed by atoms with Gasteiger partial charge in [0.25, 0.3) is 0 Å². The van der Waals surface area contributed by atoms with Gasteiger partial charge in [0.2, 0.25) is 0 Å². The fourth-order valence-corrected chi connectivity index (χ4v) is 1.87. The number of benzene rings is 1. The van der Waals surface area contributed by atoms with Crippen molar-refractivity contribution in [3.05, 3.63) is 35.1 Å². The maximum atomic E-state index is 13.4. The van der Waals surface area contributed by atoms with Gasteiger partial charge in [0, 0.05) is 6.42 Å². The molecular formula is C14H19FO. The molecule has 0 N–H and O–H groups in total. The first-order chi connectivity index (χ1) is 7.54. The zero-order valence-electron chi connectivity index (χ0n) is 10.2. The summed E-state index contributed by atoms with van der Waals surface area (Å²) >= 11 is 0. The van der Waals surface area contributed by atoms with Gasteiger partial charge in [-0.1, -0.05) is 38.3 Å². The van der Waals surface area contributed by atoms with Crippen LogP contribution in [-0.4, -0.2) is 5.78 Å². The molecule has 88 valence electrons. The zero-order chi connectivity index (χ0) is 12.1. The number of carbonyl (C=O) groups excluding carboxylic acids is 1. The van der Waals surface area contributed by atoms with E-state index in [4.69, 9.17) is 0 Å². The van der Waals surface area contributed by atoms with Crippen molar-refractivity contribution < 1.29 is 9.18 Å². The summed E-state index contributed by atoms with van der Waals surface area (Å²) in [7, 11) is 0. The molecule has 16 heavy (non-hydrogen) atoms. The van der Waals surface area contributed by atoms with Crippen LogP contribution in [0.15, 0.2) is 18.2 Å². The Bertz CT molecular complexity index is 371. The van der Waals surface area contributed by atoms with E-state index in [1.165, 1.54) is 6.07 Å². The molecule has 0 aliphatic heterocycles. The van der Waals surface area contributed by atoms with Crippen LogP contribution >= 0.6 is 0 Å². The Morgan fingerprint density at radius 2 is 2.12 bits per heavy atom. The first kappa shape index (κ1) is 12.9. The Morgan fingerprint density at radius 3 is 2.75 bits per heavy atom. The molecule has 0 radical (unpaired) electrons. The van der Waals surface area contributed by atoms with Crippen molar-refractivity contribution >= 4 is 5.78 Å². The lowest BCUT2D eigenvalue weighted by Crippen LogP contribution is -2.08. The van der Waals surface area contributed by atoms with E-state index >= 15 is 0 Å². The van der Waals surface area contributed by atoms with Crippen LogP contribution in [0.1, 0.15) is 49.0 Å². The van der Waals surface area contributed by atoms with Crippen molar-refractivity contribution in [1.82, 2.24) is 0 Å². The SMILES string of the molecule is CCCC(C)CC(=O)c1cc(C)ccc1F. The molecule has 0 fully saturated rings. The van der Waals surface area contributed by atoms with Crippen LogP contribution in [0.4, 0.5) is 4.39 Å². The Labute approximate surface area is 96.7 Å². The van der Waals surface area contributed by atoms with Gasteiger partial charge in [-0.25, -0.2) is 4.39 Å². The van der Waals surface area contributed by atoms with E-state index in [1.807, 2.05) is 13.8 Å². The zero-order valence-corrected chi connectivity index (χ0v) is 10.2. The van der Waals surface area contributed by atoms with E-state index in [9.17, 15) is 9.18 Å². The van der Waals surface area contributed by atoms with E-state index in [-0.39, 0.29) is 11.3 Å². The topological polar surface area (TPSA) is 17.1 Å².